The van der Waals surface area contributed by atoms with Gasteiger partial charge in [-0.3, -0.25) is 0 Å². The van der Waals surface area contributed by atoms with Crippen LogP contribution in [-0.2, 0) is 13.0 Å². The van der Waals surface area contributed by atoms with Crippen molar-refractivity contribution in [2.45, 2.75) is 13.0 Å². The van der Waals surface area contributed by atoms with Gasteiger partial charge in [-0.2, -0.15) is 5.26 Å². The van der Waals surface area contributed by atoms with Gasteiger partial charge in [0.2, 0.25) is 0 Å². The van der Waals surface area contributed by atoms with Crippen LogP contribution >= 0.6 is 11.6 Å². The van der Waals surface area contributed by atoms with Gasteiger partial charge in [0, 0.05) is 0 Å². The van der Waals surface area contributed by atoms with Crippen molar-refractivity contribution in [3.8, 4) is 11.8 Å². The van der Waals surface area contributed by atoms with Crippen LogP contribution in [0.25, 0.3) is 0 Å². The molecule has 0 unspecified atom stereocenters. The summed E-state index contributed by atoms with van der Waals surface area (Å²) in [6.07, 6.45) is 0.378. The van der Waals surface area contributed by atoms with Crippen LogP contribution < -0.4 is 4.74 Å². The summed E-state index contributed by atoms with van der Waals surface area (Å²) in [6, 6.07) is 13.9. The topological polar surface area (TPSA) is 33.0 Å². The molecule has 4 heteroatoms. The molecule has 0 bridgehead atoms. The number of hydrogen-bond acceptors (Lipinski definition) is 2. The number of halogens is 2. The van der Waals surface area contributed by atoms with Crippen LogP contribution in [0.5, 0.6) is 5.75 Å². The molecule has 0 aliphatic rings. The summed E-state index contributed by atoms with van der Waals surface area (Å²) in [6.45, 7) is 0.270. The van der Waals surface area contributed by atoms with E-state index in [0.29, 0.717) is 17.7 Å². The molecule has 0 radical (unpaired) electrons. The van der Waals surface area contributed by atoms with E-state index < -0.39 is 5.82 Å². The third-order valence-corrected chi connectivity index (χ3v) is 2.90. The maximum Gasteiger partial charge on any atom is 0.142 e. The Hall–Kier alpha value is -2.05. The van der Waals surface area contributed by atoms with E-state index in [1.165, 1.54) is 12.1 Å². The van der Waals surface area contributed by atoms with Gasteiger partial charge in [0.25, 0.3) is 0 Å². The molecule has 0 amide bonds. The number of nitriles is 1. The van der Waals surface area contributed by atoms with Gasteiger partial charge < -0.3 is 4.74 Å². The first kappa shape index (κ1) is 13.4. The summed E-state index contributed by atoms with van der Waals surface area (Å²) in [5.74, 6) is 0.226. The van der Waals surface area contributed by atoms with E-state index in [4.69, 9.17) is 21.6 Å². The Morgan fingerprint density at radius 1 is 1.11 bits per heavy atom. The molecule has 2 nitrogen and oxygen atoms in total. The average Bonchev–Trinajstić information content (AvgIpc) is 2.42. The summed E-state index contributed by atoms with van der Waals surface area (Å²) >= 11 is 5.60. The standard InChI is InChI=1S/C15H11ClFNO/c16-14-6-3-12(9-15(14)17)10-19-13-4-1-11(2-5-13)7-8-18/h1-6,9H,7,10H2. The van der Waals surface area contributed by atoms with Gasteiger partial charge in [-0.05, 0) is 35.4 Å². The zero-order valence-electron chi connectivity index (χ0n) is 10.1. The number of benzene rings is 2. The zero-order chi connectivity index (χ0) is 13.7. The van der Waals surface area contributed by atoms with E-state index in [2.05, 4.69) is 6.07 Å². The Morgan fingerprint density at radius 2 is 1.79 bits per heavy atom. The first-order valence-corrected chi connectivity index (χ1v) is 6.09. The predicted molar refractivity (Wildman–Crippen MR) is 71.5 cm³/mol. The van der Waals surface area contributed by atoms with Crippen molar-refractivity contribution in [1.29, 1.82) is 5.26 Å². The minimum Gasteiger partial charge on any atom is -0.489 e. The van der Waals surface area contributed by atoms with Gasteiger partial charge >= 0.3 is 0 Å². The highest BCUT2D eigenvalue weighted by Crippen LogP contribution is 2.18. The third kappa shape index (κ3) is 3.70. The molecule has 0 spiro atoms. The van der Waals surface area contributed by atoms with E-state index in [-0.39, 0.29) is 11.6 Å². The molecule has 0 heterocycles. The molecule has 2 aromatic rings. The Kier molecular flexibility index (Phi) is 4.38. The molecule has 0 N–H and O–H groups in total. The lowest BCUT2D eigenvalue weighted by Gasteiger charge is -2.07. The lowest BCUT2D eigenvalue weighted by Crippen LogP contribution is -1.96. The average molecular weight is 276 g/mol. The Labute approximate surface area is 116 Å². The summed E-state index contributed by atoms with van der Waals surface area (Å²) in [7, 11) is 0. The van der Waals surface area contributed by atoms with Crippen molar-refractivity contribution in [2.24, 2.45) is 0 Å². The lowest BCUT2D eigenvalue weighted by atomic mass is 10.2. The van der Waals surface area contributed by atoms with Crippen molar-refractivity contribution >= 4 is 11.6 Å². The maximum absolute atomic E-state index is 13.2. The lowest BCUT2D eigenvalue weighted by molar-refractivity contribution is 0.305. The van der Waals surface area contributed by atoms with Crippen LogP contribution in [0.1, 0.15) is 11.1 Å². The van der Waals surface area contributed by atoms with Gasteiger partial charge in [0.1, 0.15) is 18.2 Å². The summed E-state index contributed by atoms with van der Waals surface area (Å²) in [5, 5.41) is 8.66. The Morgan fingerprint density at radius 3 is 2.42 bits per heavy atom. The van der Waals surface area contributed by atoms with Crippen molar-refractivity contribution < 1.29 is 9.13 Å². The van der Waals surface area contributed by atoms with Crippen molar-refractivity contribution in [2.75, 3.05) is 0 Å². The third-order valence-electron chi connectivity index (χ3n) is 2.60. The molecule has 0 saturated carbocycles. The van der Waals surface area contributed by atoms with Gasteiger partial charge in [0.15, 0.2) is 0 Å². The number of nitrogens with zero attached hydrogens (tertiary/aromatic N) is 1. The molecule has 19 heavy (non-hydrogen) atoms. The molecule has 2 aromatic carbocycles. The van der Waals surface area contributed by atoms with Crippen LogP contribution in [0.3, 0.4) is 0 Å². The van der Waals surface area contributed by atoms with Gasteiger partial charge in [-0.25, -0.2) is 4.39 Å². The normalized spacial score (nSPS) is 9.95. The highest BCUT2D eigenvalue weighted by atomic mass is 35.5. The van der Waals surface area contributed by atoms with Crippen molar-refractivity contribution in [1.82, 2.24) is 0 Å². The van der Waals surface area contributed by atoms with Gasteiger partial charge in [-0.15, -0.1) is 0 Å². The maximum atomic E-state index is 13.2. The van der Waals surface area contributed by atoms with E-state index in [1.54, 1.807) is 18.2 Å². The molecule has 0 saturated heterocycles. The van der Waals surface area contributed by atoms with Crippen LogP contribution in [-0.4, -0.2) is 0 Å². The first-order chi connectivity index (χ1) is 9.19. The molecule has 0 aliphatic heterocycles. The molecule has 0 fully saturated rings. The minimum atomic E-state index is -0.452. The van der Waals surface area contributed by atoms with E-state index in [0.717, 1.165) is 5.56 Å². The van der Waals surface area contributed by atoms with Gasteiger partial charge in [0.05, 0.1) is 17.5 Å². The monoisotopic (exact) mass is 275 g/mol. The van der Waals surface area contributed by atoms with Crippen molar-refractivity contribution in [3.05, 3.63) is 64.4 Å². The number of hydrogen-bond donors (Lipinski definition) is 0. The second-order valence-electron chi connectivity index (χ2n) is 4.02. The van der Waals surface area contributed by atoms with Gasteiger partial charge in [-0.1, -0.05) is 29.8 Å². The predicted octanol–water partition coefficient (Wildman–Crippen LogP) is 4.12. The molecule has 0 aromatic heterocycles. The van der Waals surface area contributed by atoms with Crippen LogP contribution in [0.2, 0.25) is 5.02 Å². The fourth-order valence-electron chi connectivity index (χ4n) is 1.59. The van der Waals surface area contributed by atoms with Crippen LogP contribution in [0.15, 0.2) is 42.5 Å². The van der Waals surface area contributed by atoms with Crippen LogP contribution in [0, 0.1) is 17.1 Å². The highest BCUT2D eigenvalue weighted by Gasteiger charge is 2.02. The van der Waals surface area contributed by atoms with E-state index >= 15 is 0 Å². The molecular formula is C15H11ClFNO. The highest BCUT2D eigenvalue weighted by molar-refractivity contribution is 6.30. The SMILES string of the molecule is N#CCc1ccc(OCc2ccc(Cl)c(F)c2)cc1. The molecule has 0 aliphatic carbocycles. The summed E-state index contributed by atoms with van der Waals surface area (Å²) in [5.41, 5.74) is 1.65. The van der Waals surface area contributed by atoms with Crippen LogP contribution in [0.4, 0.5) is 4.39 Å². The fraction of sp³-hybridized carbons (Fsp3) is 0.133. The quantitative estimate of drug-likeness (QED) is 0.841. The molecule has 2 rings (SSSR count). The first-order valence-electron chi connectivity index (χ1n) is 5.71. The fourth-order valence-corrected chi connectivity index (χ4v) is 1.71. The molecular weight excluding hydrogens is 265 g/mol. The summed E-state index contributed by atoms with van der Waals surface area (Å²) < 4.78 is 18.8. The molecule has 0 atom stereocenters. The second-order valence-corrected chi connectivity index (χ2v) is 4.42. The summed E-state index contributed by atoms with van der Waals surface area (Å²) in [4.78, 5) is 0. The number of rotatable bonds is 4. The van der Waals surface area contributed by atoms with E-state index in [1.807, 2.05) is 12.1 Å². The second kappa shape index (κ2) is 6.21. The van der Waals surface area contributed by atoms with E-state index in [9.17, 15) is 4.39 Å². The minimum absolute atomic E-state index is 0.101. The number of ether oxygens (including phenoxy) is 1. The Balaban J connectivity index is 1.98. The Bertz CT molecular complexity index is 605. The van der Waals surface area contributed by atoms with Crippen molar-refractivity contribution in [3.63, 3.8) is 0 Å². The molecule has 96 valence electrons. The largest absolute Gasteiger partial charge is 0.489 e. The zero-order valence-corrected chi connectivity index (χ0v) is 10.8. The smallest absolute Gasteiger partial charge is 0.142 e.